The van der Waals surface area contributed by atoms with Crippen molar-refractivity contribution in [2.45, 2.75) is 6.42 Å². The van der Waals surface area contributed by atoms with Gasteiger partial charge in [-0.2, -0.15) is 0 Å². The molecule has 1 rings (SSSR count). The van der Waals surface area contributed by atoms with E-state index in [1.54, 1.807) is 12.3 Å². The third kappa shape index (κ3) is 3.85. The van der Waals surface area contributed by atoms with Crippen molar-refractivity contribution in [2.24, 2.45) is 5.73 Å². The van der Waals surface area contributed by atoms with Gasteiger partial charge in [0.1, 0.15) is 0 Å². The van der Waals surface area contributed by atoms with Gasteiger partial charge >= 0.3 is 0 Å². The van der Waals surface area contributed by atoms with Gasteiger partial charge in [-0.25, -0.2) is 8.42 Å². The molecule has 0 aliphatic heterocycles. The molecule has 1 aromatic rings. The molecule has 5 heteroatoms. The lowest BCUT2D eigenvalue weighted by Crippen LogP contribution is -2.19. The Hall–Kier alpha value is -0.940. The second-order valence-corrected chi connectivity index (χ2v) is 5.32. The molecule has 0 bridgehead atoms. The Labute approximate surface area is 84.1 Å². The van der Waals surface area contributed by atoms with Crippen molar-refractivity contribution in [3.05, 3.63) is 30.1 Å². The van der Waals surface area contributed by atoms with Crippen LogP contribution in [0, 0.1) is 0 Å². The molecule has 0 amide bonds. The van der Waals surface area contributed by atoms with Gasteiger partial charge in [0.2, 0.25) is 0 Å². The number of hydrogen-bond acceptors (Lipinski definition) is 4. The molecule has 4 nitrogen and oxygen atoms in total. The average Bonchev–Trinajstić information content (AvgIpc) is 2.17. The Balaban J connectivity index is 2.49. The van der Waals surface area contributed by atoms with Gasteiger partial charge in [-0.05, 0) is 12.1 Å². The predicted octanol–water partition coefficient (Wildman–Crippen LogP) is -0.00240. The SMILES string of the molecule is NCCS(=O)(=O)CCc1ccccn1. The van der Waals surface area contributed by atoms with E-state index in [9.17, 15) is 8.42 Å². The van der Waals surface area contributed by atoms with Crippen molar-refractivity contribution >= 4 is 9.84 Å². The normalized spacial score (nSPS) is 11.5. The van der Waals surface area contributed by atoms with Crippen molar-refractivity contribution < 1.29 is 8.42 Å². The Kier molecular flexibility index (Phi) is 4.03. The zero-order chi connectivity index (χ0) is 10.4. The molecule has 0 saturated carbocycles. The van der Waals surface area contributed by atoms with Gasteiger partial charge in [0, 0.05) is 24.9 Å². The van der Waals surface area contributed by atoms with Gasteiger partial charge in [-0.15, -0.1) is 0 Å². The van der Waals surface area contributed by atoms with Gasteiger partial charge in [0.15, 0.2) is 9.84 Å². The Morgan fingerprint density at radius 2 is 2.07 bits per heavy atom. The van der Waals surface area contributed by atoms with E-state index in [-0.39, 0.29) is 18.1 Å². The number of nitrogens with two attached hydrogens (primary N) is 1. The van der Waals surface area contributed by atoms with Gasteiger partial charge in [-0.3, -0.25) is 4.98 Å². The summed E-state index contributed by atoms with van der Waals surface area (Å²) < 4.78 is 22.6. The fourth-order valence-electron chi connectivity index (χ4n) is 1.09. The molecule has 78 valence electrons. The minimum atomic E-state index is -2.99. The predicted molar refractivity (Wildman–Crippen MR) is 55.6 cm³/mol. The summed E-state index contributed by atoms with van der Waals surface area (Å²) in [6.45, 7) is 0.185. The van der Waals surface area contributed by atoms with Crippen LogP contribution in [0.15, 0.2) is 24.4 Å². The zero-order valence-corrected chi connectivity index (χ0v) is 8.70. The molecular formula is C9H14N2O2S. The van der Waals surface area contributed by atoms with E-state index >= 15 is 0 Å². The highest BCUT2D eigenvalue weighted by Gasteiger charge is 2.09. The number of aromatic nitrogens is 1. The molecule has 0 radical (unpaired) electrons. The first-order chi connectivity index (χ1) is 6.64. The molecule has 0 unspecified atom stereocenters. The summed E-state index contributed by atoms with van der Waals surface area (Å²) >= 11 is 0. The molecule has 0 aliphatic carbocycles. The van der Waals surface area contributed by atoms with Gasteiger partial charge < -0.3 is 5.73 Å². The number of nitrogens with zero attached hydrogens (tertiary/aromatic N) is 1. The molecule has 1 heterocycles. The fourth-order valence-corrected chi connectivity index (χ4v) is 2.17. The van der Waals surface area contributed by atoms with Gasteiger partial charge in [0.05, 0.1) is 11.5 Å². The van der Waals surface area contributed by atoms with Crippen molar-refractivity contribution in [1.29, 1.82) is 0 Å². The molecular weight excluding hydrogens is 200 g/mol. The van der Waals surface area contributed by atoms with Crippen LogP contribution in [0.3, 0.4) is 0 Å². The third-order valence-electron chi connectivity index (χ3n) is 1.82. The number of aryl methyl sites for hydroxylation is 1. The highest BCUT2D eigenvalue weighted by atomic mass is 32.2. The van der Waals surface area contributed by atoms with Crippen LogP contribution in [0.2, 0.25) is 0 Å². The van der Waals surface area contributed by atoms with E-state index in [4.69, 9.17) is 5.73 Å². The maximum absolute atomic E-state index is 11.3. The minimum absolute atomic E-state index is 0.0554. The van der Waals surface area contributed by atoms with E-state index in [2.05, 4.69) is 4.98 Å². The minimum Gasteiger partial charge on any atom is -0.329 e. The lowest BCUT2D eigenvalue weighted by molar-refractivity contribution is 0.595. The van der Waals surface area contributed by atoms with E-state index in [1.165, 1.54) is 0 Å². The third-order valence-corrected chi connectivity index (χ3v) is 3.51. The molecule has 0 aliphatic rings. The van der Waals surface area contributed by atoms with Crippen LogP contribution in [-0.2, 0) is 16.3 Å². The number of hydrogen-bond donors (Lipinski definition) is 1. The molecule has 2 N–H and O–H groups in total. The summed E-state index contributed by atoms with van der Waals surface area (Å²) in [5.74, 6) is 0.182. The lowest BCUT2D eigenvalue weighted by Gasteiger charge is -2.01. The number of rotatable bonds is 5. The molecule has 0 fully saturated rings. The van der Waals surface area contributed by atoms with Gasteiger partial charge in [-0.1, -0.05) is 6.07 Å². The summed E-state index contributed by atoms with van der Waals surface area (Å²) in [6.07, 6.45) is 2.12. The summed E-state index contributed by atoms with van der Waals surface area (Å²) in [6, 6.07) is 5.47. The maximum atomic E-state index is 11.3. The van der Waals surface area contributed by atoms with Crippen LogP contribution in [0.4, 0.5) is 0 Å². The van der Waals surface area contributed by atoms with Crippen LogP contribution in [0.25, 0.3) is 0 Å². The summed E-state index contributed by atoms with van der Waals surface area (Å²) in [4.78, 5) is 4.05. The van der Waals surface area contributed by atoms with Gasteiger partial charge in [0.25, 0.3) is 0 Å². The van der Waals surface area contributed by atoms with Crippen LogP contribution in [-0.4, -0.2) is 31.5 Å². The summed E-state index contributed by atoms with van der Waals surface area (Å²) in [5.41, 5.74) is 5.99. The molecule has 1 aromatic heterocycles. The zero-order valence-electron chi connectivity index (χ0n) is 7.89. The molecule has 0 atom stereocenters. The van der Waals surface area contributed by atoms with E-state index in [0.717, 1.165) is 5.69 Å². The first kappa shape index (κ1) is 11.1. The first-order valence-electron chi connectivity index (χ1n) is 4.44. The van der Waals surface area contributed by atoms with E-state index < -0.39 is 9.84 Å². The molecule has 0 aromatic carbocycles. The monoisotopic (exact) mass is 214 g/mol. The summed E-state index contributed by atoms with van der Waals surface area (Å²) in [7, 11) is -2.99. The largest absolute Gasteiger partial charge is 0.329 e. The van der Waals surface area contributed by atoms with Crippen LogP contribution in [0.5, 0.6) is 0 Å². The highest BCUT2D eigenvalue weighted by molar-refractivity contribution is 7.91. The van der Waals surface area contributed by atoms with E-state index in [1.807, 2.05) is 12.1 Å². The fraction of sp³-hybridized carbons (Fsp3) is 0.444. The van der Waals surface area contributed by atoms with Crippen LogP contribution in [0.1, 0.15) is 5.69 Å². The van der Waals surface area contributed by atoms with Crippen molar-refractivity contribution in [3.63, 3.8) is 0 Å². The van der Waals surface area contributed by atoms with Crippen molar-refractivity contribution in [3.8, 4) is 0 Å². The topological polar surface area (TPSA) is 73.1 Å². The van der Waals surface area contributed by atoms with E-state index in [0.29, 0.717) is 6.42 Å². The maximum Gasteiger partial charge on any atom is 0.151 e. The van der Waals surface area contributed by atoms with Crippen molar-refractivity contribution in [2.75, 3.05) is 18.1 Å². The summed E-state index contributed by atoms with van der Waals surface area (Å²) in [5, 5.41) is 0. The first-order valence-corrected chi connectivity index (χ1v) is 6.26. The van der Waals surface area contributed by atoms with Crippen LogP contribution >= 0.6 is 0 Å². The Morgan fingerprint density at radius 3 is 2.64 bits per heavy atom. The van der Waals surface area contributed by atoms with Crippen molar-refractivity contribution in [1.82, 2.24) is 4.98 Å². The highest BCUT2D eigenvalue weighted by Crippen LogP contribution is 1.98. The quantitative estimate of drug-likeness (QED) is 0.748. The lowest BCUT2D eigenvalue weighted by atomic mass is 10.3. The molecule has 0 saturated heterocycles. The number of sulfone groups is 1. The second-order valence-electron chi connectivity index (χ2n) is 3.01. The Bertz CT molecular complexity index is 362. The second kappa shape index (κ2) is 5.07. The van der Waals surface area contributed by atoms with Crippen LogP contribution < -0.4 is 5.73 Å². The molecule has 0 spiro atoms. The smallest absolute Gasteiger partial charge is 0.151 e. The number of pyridine rings is 1. The standard InChI is InChI=1S/C9H14N2O2S/c10-5-8-14(12,13)7-4-9-3-1-2-6-11-9/h1-3,6H,4-5,7-8,10H2. The Morgan fingerprint density at radius 1 is 1.29 bits per heavy atom. The molecule has 14 heavy (non-hydrogen) atoms. The average molecular weight is 214 g/mol.